The molecule has 0 unspecified atom stereocenters. The van der Waals surface area contributed by atoms with Crippen LogP contribution in [0.4, 0.5) is 0 Å². The summed E-state index contributed by atoms with van der Waals surface area (Å²) in [6.07, 6.45) is 4.35. The fourth-order valence-corrected chi connectivity index (χ4v) is 2.65. The van der Waals surface area contributed by atoms with E-state index < -0.39 is 5.97 Å². The first-order valence-electron chi connectivity index (χ1n) is 7.80. The molecule has 2 rings (SSSR count). The van der Waals surface area contributed by atoms with Crippen LogP contribution in [0.15, 0.2) is 18.2 Å². The summed E-state index contributed by atoms with van der Waals surface area (Å²) in [5, 5.41) is 8.72. The van der Waals surface area contributed by atoms with Crippen LogP contribution in [-0.2, 0) is 11.3 Å². The molecule has 5 nitrogen and oxygen atoms in total. The van der Waals surface area contributed by atoms with Crippen molar-refractivity contribution in [2.75, 3.05) is 20.8 Å². The van der Waals surface area contributed by atoms with E-state index in [1.807, 2.05) is 18.2 Å². The quantitative estimate of drug-likeness (QED) is 0.674. The third-order valence-electron chi connectivity index (χ3n) is 4.01. The van der Waals surface area contributed by atoms with E-state index in [-0.39, 0.29) is 6.42 Å². The molecule has 0 radical (unpaired) electrons. The molecule has 0 saturated heterocycles. The van der Waals surface area contributed by atoms with Gasteiger partial charge in [0, 0.05) is 24.6 Å². The van der Waals surface area contributed by atoms with Crippen LogP contribution in [0.2, 0.25) is 0 Å². The van der Waals surface area contributed by atoms with E-state index in [0.29, 0.717) is 6.04 Å². The molecule has 122 valence electrons. The van der Waals surface area contributed by atoms with Gasteiger partial charge in [0.05, 0.1) is 14.2 Å². The van der Waals surface area contributed by atoms with E-state index in [9.17, 15) is 4.79 Å². The van der Waals surface area contributed by atoms with Crippen molar-refractivity contribution >= 4 is 5.97 Å². The normalized spacial score (nSPS) is 14.1. The number of aliphatic carboxylic acids is 1. The number of benzene rings is 1. The van der Waals surface area contributed by atoms with E-state index in [0.717, 1.165) is 43.0 Å². The molecule has 1 aromatic rings. The minimum absolute atomic E-state index is 0.251. The molecule has 0 spiro atoms. The van der Waals surface area contributed by atoms with Crippen molar-refractivity contribution in [3.8, 4) is 11.5 Å². The van der Waals surface area contributed by atoms with Gasteiger partial charge in [-0.25, -0.2) is 0 Å². The van der Waals surface area contributed by atoms with E-state index in [2.05, 4.69) is 4.90 Å². The van der Waals surface area contributed by atoms with Crippen LogP contribution in [0, 0.1) is 0 Å². The Bertz CT molecular complexity index is 499. The highest BCUT2D eigenvalue weighted by Crippen LogP contribution is 2.32. The third-order valence-corrected chi connectivity index (χ3v) is 4.01. The number of rotatable bonds is 10. The van der Waals surface area contributed by atoms with Crippen LogP contribution in [0.5, 0.6) is 11.5 Å². The van der Waals surface area contributed by atoms with Gasteiger partial charge in [-0.2, -0.15) is 0 Å². The summed E-state index contributed by atoms with van der Waals surface area (Å²) in [6, 6.07) is 6.48. The SMILES string of the molecule is COc1ccc(OC)c(CN(CCCCC(=O)O)C2CC2)c1. The summed E-state index contributed by atoms with van der Waals surface area (Å²) < 4.78 is 10.7. The number of nitrogens with zero attached hydrogens (tertiary/aromatic N) is 1. The first-order chi connectivity index (χ1) is 10.6. The zero-order chi connectivity index (χ0) is 15.9. The molecule has 0 amide bonds. The minimum Gasteiger partial charge on any atom is -0.497 e. The molecule has 0 bridgehead atoms. The Labute approximate surface area is 131 Å². The molecule has 22 heavy (non-hydrogen) atoms. The summed E-state index contributed by atoms with van der Waals surface area (Å²) in [7, 11) is 3.34. The second-order valence-electron chi connectivity index (χ2n) is 5.73. The molecule has 0 heterocycles. The number of carboxylic acid groups (broad SMARTS) is 1. The highest BCUT2D eigenvalue weighted by molar-refractivity contribution is 5.66. The number of hydrogen-bond acceptors (Lipinski definition) is 4. The van der Waals surface area contributed by atoms with Crippen LogP contribution in [0.1, 0.15) is 37.7 Å². The molecule has 0 aliphatic heterocycles. The zero-order valence-electron chi connectivity index (χ0n) is 13.4. The third kappa shape index (κ3) is 4.91. The van der Waals surface area contributed by atoms with Gasteiger partial charge in [0.25, 0.3) is 0 Å². The standard InChI is InChI=1S/C17H25NO4/c1-21-15-8-9-16(22-2)13(11-15)12-18(14-6-7-14)10-4-3-5-17(19)20/h8-9,11,14H,3-7,10,12H2,1-2H3,(H,19,20). The Morgan fingerprint density at radius 2 is 2.05 bits per heavy atom. The molecule has 1 aliphatic rings. The number of hydrogen-bond donors (Lipinski definition) is 1. The predicted molar refractivity (Wildman–Crippen MR) is 84.5 cm³/mol. The molecular formula is C17H25NO4. The molecule has 5 heteroatoms. The maximum atomic E-state index is 10.6. The van der Waals surface area contributed by atoms with E-state index in [1.54, 1.807) is 14.2 Å². The summed E-state index contributed by atoms with van der Waals surface area (Å²) in [5.41, 5.74) is 1.12. The fourth-order valence-electron chi connectivity index (χ4n) is 2.65. The van der Waals surface area contributed by atoms with Crippen molar-refractivity contribution in [2.24, 2.45) is 0 Å². The van der Waals surface area contributed by atoms with E-state index >= 15 is 0 Å². The maximum absolute atomic E-state index is 10.6. The van der Waals surface area contributed by atoms with Crippen molar-refractivity contribution in [1.82, 2.24) is 4.90 Å². The molecule has 1 aliphatic carbocycles. The van der Waals surface area contributed by atoms with Crippen molar-refractivity contribution < 1.29 is 19.4 Å². The molecule has 1 fully saturated rings. The summed E-state index contributed by atoms with van der Waals surface area (Å²) in [4.78, 5) is 13.0. The van der Waals surface area contributed by atoms with Crippen LogP contribution < -0.4 is 9.47 Å². The van der Waals surface area contributed by atoms with Crippen molar-refractivity contribution in [2.45, 2.75) is 44.7 Å². The number of ether oxygens (including phenoxy) is 2. The van der Waals surface area contributed by atoms with Gasteiger partial charge in [-0.15, -0.1) is 0 Å². The summed E-state index contributed by atoms with van der Waals surface area (Å²) >= 11 is 0. The van der Waals surface area contributed by atoms with Crippen molar-refractivity contribution in [1.29, 1.82) is 0 Å². The van der Waals surface area contributed by atoms with Gasteiger partial charge < -0.3 is 14.6 Å². The number of carbonyl (C=O) groups is 1. The lowest BCUT2D eigenvalue weighted by atomic mass is 10.1. The summed E-state index contributed by atoms with van der Waals surface area (Å²) in [6.45, 7) is 1.75. The molecular weight excluding hydrogens is 282 g/mol. The monoisotopic (exact) mass is 307 g/mol. The van der Waals surface area contributed by atoms with Crippen LogP contribution in [0.3, 0.4) is 0 Å². The van der Waals surface area contributed by atoms with Gasteiger partial charge in [-0.1, -0.05) is 0 Å². The lowest BCUT2D eigenvalue weighted by Gasteiger charge is -2.23. The van der Waals surface area contributed by atoms with E-state index in [4.69, 9.17) is 14.6 Å². The van der Waals surface area contributed by atoms with Crippen LogP contribution in [0.25, 0.3) is 0 Å². The van der Waals surface area contributed by atoms with Crippen molar-refractivity contribution in [3.05, 3.63) is 23.8 Å². The maximum Gasteiger partial charge on any atom is 0.303 e. The van der Waals surface area contributed by atoms with Crippen LogP contribution >= 0.6 is 0 Å². The average Bonchev–Trinajstić information content (AvgIpc) is 3.34. The fraction of sp³-hybridized carbons (Fsp3) is 0.588. The largest absolute Gasteiger partial charge is 0.497 e. The topological polar surface area (TPSA) is 59.0 Å². The molecule has 1 N–H and O–H groups in total. The Kier molecular flexibility index (Phi) is 6.07. The Morgan fingerprint density at radius 3 is 2.64 bits per heavy atom. The van der Waals surface area contributed by atoms with Crippen LogP contribution in [-0.4, -0.2) is 42.8 Å². The Morgan fingerprint density at radius 1 is 1.27 bits per heavy atom. The molecule has 1 saturated carbocycles. The smallest absolute Gasteiger partial charge is 0.303 e. The van der Waals surface area contributed by atoms with Gasteiger partial charge in [-0.05, 0) is 50.4 Å². The molecule has 0 aromatic heterocycles. The molecule has 1 aromatic carbocycles. The zero-order valence-corrected chi connectivity index (χ0v) is 13.4. The van der Waals surface area contributed by atoms with Gasteiger partial charge in [-0.3, -0.25) is 9.69 Å². The minimum atomic E-state index is -0.715. The second kappa shape index (κ2) is 8.03. The predicted octanol–water partition coefficient (Wildman–Crippen LogP) is 2.92. The number of methoxy groups -OCH3 is 2. The Hall–Kier alpha value is -1.75. The highest BCUT2D eigenvalue weighted by Gasteiger charge is 2.29. The number of unbranched alkanes of at least 4 members (excludes halogenated alkanes) is 1. The second-order valence-corrected chi connectivity index (χ2v) is 5.73. The highest BCUT2D eigenvalue weighted by atomic mass is 16.5. The molecule has 0 atom stereocenters. The average molecular weight is 307 g/mol. The first kappa shape index (κ1) is 16.6. The lowest BCUT2D eigenvalue weighted by Crippen LogP contribution is -2.27. The lowest BCUT2D eigenvalue weighted by molar-refractivity contribution is -0.137. The van der Waals surface area contributed by atoms with Gasteiger partial charge in [0.2, 0.25) is 0 Å². The van der Waals surface area contributed by atoms with E-state index in [1.165, 1.54) is 12.8 Å². The Balaban J connectivity index is 1.96. The van der Waals surface area contributed by atoms with Gasteiger partial charge in [0.1, 0.15) is 11.5 Å². The first-order valence-corrected chi connectivity index (χ1v) is 7.80. The summed E-state index contributed by atoms with van der Waals surface area (Å²) in [5.74, 6) is 0.988. The van der Waals surface area contributed by atoms with Gasteiger partial charge >= 0.3 is 5.97 Å². The van der Waals surface area contributed by atoms with Crippen molar-refractivity contribution in [3.63, 3.8) is 0 Å². The van der Waals surface area contributed by atoms with Gasteiger partial charge in [0.15, 0.2) is 0 Å². The number of carboxylic acids is 1.